The minimum absolute atomic E-state index is 0.176. The molecular formula is C18H24N8O2S. The first-order valence-electron chi connectivity index (χ1n) is 9.92. The molecule has 2 aliphatic rings. The second-order valence-electron chi connectivity index (χ2n) is 7.21. The number of nitrogens with one attached hydrogen (secondary N) is 2. The summed E-state index contributed by atoms with van der Waals surface area (Å²) in [5.74, 6) is 0.396. The van der Waals surface area contributed by atoms with Gasteiger partial charge in [0.25, 0.3) is 5.91 Å². The van der Waals surface area contributed by atoms with E-state index < -0.39 is 0 Å². The van der Waals surface area contributed by atoms with Gasteiger partial charge in [0.1, 0.15) is 0 Å². The molecule has 10 nitrogen and oxygen atoms in total. The Morgan fingerprint density at radius 3 is 2.48 bits per heavy atom. The van der Waals surface area contributed by atoms with Crippen LogP contribution in [-0.4, -0.2) is 68.6 Å². The van der Waals surface area contributed by atoms with Crippen molar-refractivity contribution in [2.24, 2.45) is 0 Å². The molecule has 154 valence electrons. The molecule has 0 spiro atoms. The smallest absolute Gasteiger partial charge is 0.322 e. The molecule has 29 heavy (non-hydrogen) atoms. The Hall–Kier alpha value is -2.82. The Balaban J connectivity index is 1.31. The minimum Gasteiger partial charge on any atom is -0.348 e. The highest BCUT2D eigenvalue weighted by Gasteiger charge is 2.26. The fraction of sp³-hybridized carbons (Fsp3) is 0.556. The third-order valence-corrected chi connectivity index (χ3v) is 5.91. The number of carbonyl (C=O) groups is 2. The predicted octanol–water partition coefficient (Wildman–Crippen LogP) is 1.74. The van der Waals surface area contributed by atoms with Crippen LogP contribution in [0.25, 0.3) is 0 Å². The summed E-state index contributed by atoms with van der Waals surface area (Å²) in [5.41, 5.74) is 0.185. The van der Waals surface area contributed by atoms with Crippen LogP contribution >= 0.6 is 11.5 Å². The van der Waals surface area contributed by atoms with Crippen molar-refractivity contribution in [3.05, 3.63) is 24.2 Å². The van der Waals surface area contributed by atoms with Crippen LogP contribution in [0, 0.1) is 0 Å². The molecule has 2 aromatic heterocycles. The maximum Gasteiger partial charge on any atom is 0.322 e. The second-order valence-corrected chi connectivity index (χ2v) is 7.97. The van der Waals surface area contributed by atoms with E-state index in [1.807, 2.05) is 4.90 Å². The largest absolute Gasteiger partial charge is 0.348 e. The third-order valence-electron chi connectivity index (χ3n) is 5.27. The van der Waals surface area contributed by atoms with Gasteiger partial charge in [0.05, 0.1) is 0 Å². The first-order valence-corrected chi connectivity index (χ1v) is 10.7. The van der Waals surface area contributed by atoms with Gasteiger partial charge in [0.2, 0.25) is 5.95 Å². The van der Waals surface area contributed by atoms with E-state index >= 15 is 0 Å². The van der Waals surface area contributed by atoms with Crippen molar-refractivity contribution in [2.75, 3.05) is 36.4 Å². The van der Waals surface area contributed by atoms with Crippen LogP contribution in [0.4, 0.5) is 15.7 Å². The van der Waals surface area contributed by atoms with Gasteiger partial charge in [0.15, 0.2) is 10.7 Å². The second kappa shape index (κ2) is 9.12. The van der Waals surface area contributed by atoms with Gasteiger partial charge in [-0.3, -0.25) is 10.1 Å². The van der Waals surface area contributed by atoms with E-state index in [-0.39, 0.29) is 23.7 Å². The lowest BCUT2D eigenvalue weighted by Crippen LogP contribution is -2.50. The number of urea groups is 1. The number of nitrogens with zero attached hydrogens (tertiary/aromatic N) is 6. The standard InChI is InChI=1S/C18H24N8O2S/c27-15(21-13-5-2-1-3-6-13)14-16(29-24-23-14)22-18(28)26-11-9-25(10-12-26)17-19-7-4-8-20-17/h4,7-8,13H,1-3,5-6,9-12H2,(H,21,27)(H,22,28). The van der Waals surface area contributed by atoms with Gasteiger partial charge in [-0.15, -0.1) is 5.10 Å². The summed E-state index contributed by atoms with van der Waals surface area (Å²) in [5, 5.41) is 10.1. The van der Waals surface area contributed by atoms with Gasteiger partial charge in [-0.05, 0) is 18.9 Å². The van der Waals surface area contributed by atoms with Crippen molar-refractivity contribution >= 4 is 34.4 Å². The summed E-state index contributed by atoms with van der Waals surface area (Å²) >= 11 is 1.02. The summed E-state index contributed by atoms with van der Waals surface area (Å²) in [6.45, 7) is 2.38. The maximum absolute atomic E-state index is 12.7. The van der Waals surface area contributed by atoms with Crippen molar-refractivity contribution in [3.63, 3.8) is 0 Å². The average Bonchev–Trinajstić information content (AvgIpc) is 3.23. The fourth-order valence-electron chi connectivity index (χ4n) is 3.66. The van der Waals surface area contributed by atoms with Crippen LogP contribution in [0.5, 0.6) is 0 Å². The quantitative estimate of drug-likeness (QED) is 0.780. The highest BCUT2D eigenvalue weighted by Crippen LogP contribution is 2.21. The van der Waals surface area contributed by atoms with Gasteiger partial charge >= 0.3 is 6.03 Å². The van der Waals surface area contributed by atoms with Crippen molar-refractivity contribution in [1.82, 2.24) is 29.8 Å². The topological polar surface area (TPSA) is 116 Å². The minimum atomic E-state index is -0.271. The number of hydrogen-bond acceptors (Lipinski definition) is 8. The number of hydrogen-bond donors (Lipinski definition) is 2. The lowest BCUT2D eigenvalue weighted by molar-refractivity contribution is 0.0923. The number of carbonyl (C=O) groups excluding carboxylic acids is 2. The molecule has 1 aliphatic heterocycles. The van der Waals surface area contributed by atoms with Crippen molar-refractivity contribution in [2.45, 2.75) is 38.1 Å². The number of anilines is 2. The zero-order valence-corrected chi connectivity index (χ0v) is 16.9. The van der Waals surface area contributed by atoms with E-state index in [1.54, 1.807) is 23.4 Å². The lowest BCUT2D eigenvalue weighted by Gasteiger charge is -2.34. The van der Waals surface area contributed by atoms with E-state index in [9.17, 15) is 9.59 Å². The van der Waals surface area contributed by atoms with Crippen molar-refractivity contribution in [1.29, 1.82) is 0 Å². The normalized spacial score (nSPS) is 17.8. The summed E-state index contributed by atoms with van der Waals surface area (Å²) in [6, 6.07) is 1.70. The molecule has 0 aromatic carbocycles. The molecule has 3 amide bonds. The van der Waals surface area contributed by atoms with Gasteiger partial charge in [-0.1, -0.05) is 23.8 Å². The van der Waals surface area contributed by atoms with E-state index in [0.717, 1.165) is 37.2 Å². The first kappa shape index (κ1) is 19.5. The molecule has 2 aromatic rings. The predicted molar refractivity (Wildman–Crippen MR) is 109 cm³/mol. The molecule has 2 N–H and O–H groups in total. The zero-order chi connectivity index (χ0) is 20.1. The number of aromatic nitrogens is 4. The van der Waals surface area contributed by atoms with E-state index in [2.05, 4.69) is 30.2 Å². The van der Waals surface area contributed by atoms with Crippen LogP contribution < -0.4 is 15.5 Å². The highest BCUT2D eigenvalue weighted by atomic mass is 32.1. The monoisotopic (exact) mass is 416 g/mol. The van der Waals surface area contributed by atoms with E-state index in [0.29, 0.717) is 37.1 Å². The van der Waals surface area contributed by atoms with Crippen LogP contribution in [0.15, 0.2) is 18.5 Å². The number of rotatable bonds is 4. The summed E-state index contributed by atoms with van der Waals surface area (Å²) in [7, 11) is 0. The molecule has 1 aliphatic carbocycles. The Morgan fingerprint density at radius 1 is 1.03 bits per heavy atom. The maximum atomic E-state index is 12.7. The Kier molecular flexibility index (Phi) is 6.13. The molecule has 11 heteroatoms. The molecular weight excluding hydrogens is 392 g/mol. The molecule has 0 atom stereocenters. The molecule has 0 unspecified atom stereocenters. The average molecular weight is 417 g/mol. The van der Waals surface area contributed by atoms with Crippen LogP contribution in [0.3, 0.4) is 0 Å². The van der Waals surface area contributed by atoms with E-state index in [1.165, 1.54) is 6.42 Å². The highest BCUT2D eigenvalue weighted by molar-refractivity contribution is 7.10. The SMILES string of the molecule is O=C(NC1CCCCC1)c1nnsc1NC(=O)N1CCN(c2ncccn2)CC1. The van der Waals surface area contributed by atoms with Crippen LogP contribution in [-0.2, 0) is 0 Å². The van der Waals surface area contributed by atoms with Crippen LogP contribution in [0.2, 0.25) is 0 Å². The van der Waals surface area contributed by atoms with E-state index in [4.69, 9.17) is 0 Å². The Labute approximate surface area is 172 Å². The Morgan fingerprint density at radius 2 is 1.76 bits per heavy atom. The lowest BCUT2D eigenvalue weighted by atomic mass is 9.95. The van der Waals surface area contributed by atoms with Crippen LogP contribution in [0.1, 0.15) is 42.6 Å². The molecule has 1 saturated heterocycles. The molecule has 0 radical (unpaired) electrons. The fourth-order valence-corrected chi connectivity index (χ4v) is 4.22. The van der Waals surface area contributed by atoms with Crippen molar-refractivity contribution in [3.8, 4) is 0 Å². The molecule has 1 saturated carbocycles. The number of piperazine rings is 1. The Bertz CT molecular complexity index is 831. The zero-order valence-electron chi connectivity index (χ0n) is 16.1. The molecule has 0 bridgehead atoms. The third kappa shape index (κ3) is 4.78. The van der Waals surface area contributed by atoms with Gasteiger partial charge < -0.3 is 15.1 Å². The molecule has 2 fully saturated rings. The van der Waals surface area contributed by atoms with Gasteiger partial charge in [-0.2, -0.15) is 0 Å². The summed E-state index contributed by atoms with van der Waals surface area (Å²) < 4.78 is 3.86. The van der Waals surface area contributed by atoms with Crippen molar-refractivity contribution < 1.29 is 9.59 Å². The van der Waals surface area contributed by atoms with Gasteiger partial charge in [-0.25, -0.2) is 14.8 Å². The summed E-state index contributed by atoms with van der Waals surface area (Å²) in [6.07, 6.45) is 8.86. The molecule has 3 heterocycles. The molecule has 4 rings (SSSR count). The first-order chi connectivity index (χ1) is 14.2. The summed E-state index contributed by atoms with van der Waals surface area (Å²) in [4.78, 5) is 37.5. The number of amides is 3. The van der Waals surface area contributed by atoms with Gasteiger partial charge in [0, 0.05) is 56.1 Å².